The zero-order valence-corrected chi connectivity index (χ0v) is 11.5. The fourth-order valence-electron chi connectivity index (χ4n) is 1.88. The van der Waals surface area contributed by atoms with Crippen LogP contribution in [-0.4, -0.2) is 27.3 Å². The molecule has 3 N–H and O–H groups in total. The second kappa shape index (κ2) is 7.95. The van der Waals surface area contributed by atoms with Gasteiger partial charge in [0.2, 0.25) is 0 Å². The van der Waals surface area contributed by atoms with Crippen LogP contribution in [0.2, 0.25) is 0 Å². The number of ether oxygens (including phenoxy) is 2. The van der Waals surface area contributed by atoms with E-state index >= 15 is 0 Å². The van der Waals surface area contributed by atoms with Gasteiger partial charge in [-0.1, -0.05) is 0 Å². The van der Waals surface area contributed by atoms with Crippen LogP contribution in [0.1, 0.15) is 31.4 Å². The zero-order valence-electron chi connectivity index (χ0n) is 11.5. The fraction of sp³-hybridized carbons (Fsp3) is 0.571. The summed E-state index contributed by atoms with van der Waals surface area (Å²) in [5.41, 5.74) is 6.59. The Morgan fingerprint density at radius 3 is 2.61 bits per heavy atom. The van der Waals surface area contributed by atoms with Gasteiger partial charge in [0.15, 0.2) is 0 Å². The van der Waals surface area contributed by atoms with Crippen molar-refractivity contribution in [3.05, 3.63) is 23.8 Å². The summed E-state index contributed by atoms with van der Waals surface area (Å²) >= 11 is 0. The average Bonchev–Trinajstić information content (AvgIpc) is 2.42. The lowest BCUT2D eigenvalue weighted by Crippen LogP contribution is -2.21. The lowest BCUT2D eigenvalue weighted by molar-refractivity contribution is 0.391. The number of benzene rings is 1. The van der Waals surface area contributed by atoms with Crippen LogP contribution < -0.4 is 20.5 Å². The number of unbranched alkanes of at least 4 members (excludes halogenated alkanes) is 1. The maximum absolute atomic E-state index is 5.48. The van der Waals surface area contributed by atoms with Crippen LogP contribution in [0.15, 0.2) is 18.2 Å². The van der Waals surface area contributed by atoms with Gasteiger partial charge in [-0.05, 0) is 51.1 Å². The highest BCUT2D eigenvalue weighted by atomic mass is 16.5. The molecule has 0 saturated carbocycles. The molecule has 0 amide bonds. The van der Waals surface area contributed by atoms with Gasteiger partial charge in [0.05, 0.1) is 14.2 Å². The highest BCUT2D eigenvalue weighted by molar-refractivity contribution is 5.42. The molecule has 102 valence electrons. The molecule has 1 unspecified atom stereocenters. The van der Waals surface area contributed by atoms with Gasteiger partial charge >= 0.3 is 0 Å². The van der Waals surface area contributed by atoms with E-state index in [0.717, 1.165) is 43.0 Å². The molecule has 0 aromatic heterocycles. The molecule has 0 heterocycles. The highest BCUT2D eigenvalue weighted by Gasteiger charge is 2.11. The zero-order chi connectivity index (χ0) is 13.4. The summed E-state index contributed by atoms with van der Waals surface area (Å²) in [4.78, 5) is 0. The third-order valence-corrected chi connectivity index (χ3v) is 2.98. The van der Waals surface area contributed by atoms with E-state index < -0.39 is 0 Å². The van der Waals surface area contributed by atoms with Crippen LogP contribution in [0.4, 0.5) is 0 Å². The van der Waals surface area contributed by atoms with Crippen LogP contribution in [0.3, 0.4) is 0 Å². The van der Waals surface area contributed by atoms with Crippen molar-refractivity contribution in [3.63, 3.8) is 0 Å². The first-order valence-electron chi connectivity index (χ1n) is 6.38. The molecule has 0 bridgehead atoms. The number of nitrogens with one attached hydrogen (secondary N) is 1. The van der Waals surface area contributed by atoms with Crippen LogP contribution in [0.5, 0.6) is 11.5 Å². The van der Waals surface area contributed by atoms with E-state index in [0.29, 0.717) is 0 Å². The van der Waals surface area contributed by atoms with Crippen molar-refractivity contribution in [2.75, 3.05) is 27.3 Å². The van der Waals surface area contributed by atoms with E-state index in [1.54, 1.807) is 14.2 Å². The van der Waals surface area contributed by atoms with Gasteiger partial charge in [-0.2, -0.15) is 0 Å². The summed E-state index contributed by atoms with van der Waals surface area (Å²) in [6, 6.07) is 6.09. The molecule has 0 aliphatic rings. The minimum Gasteiger partial charge on any atom is -0.497 e. The van der Waals surface area contributed by atoms with Crippen molar-refractivity contribution in [1.82, 2.24) is 5.32 Å². The highest BCUT2D eigenvalue weighted by Crippen LogP contribution is 2.29. The normalized spacial score (nSPS) is 12.2. The molecule has 18 heavy (non-hydrogen) atoms. The van der Waals surface area contributed by atoms with Crippen molar-refractivity contribution >= 4 is 0 Å². The molecule has 0 aliphatic carbocycles. The molecule has 4 heteroatoms. The third kappa shape index (κ3) is 4.20. The molecule has 0 fully saturated rings. The second-order valence-electron chi connectivity index (χ2n) is 4.28. The van der Waals surface area contributed by atoms with E-state index in [1.807, 2.05) is 18.2 Å². The van der Waals surface area contributed by atoms with Gasteiger partial charge in [0.1, 0.15) is 11.5 Å². The van der Waals surface area contributed by atoms with E-state index in [4.69, 9.17) is 15.2 Å². The molecule has 1 aromatic rings. The van der Waals surface area contributed by atoms with Crippen molar-refractivity contribution in [1.29, 1.82) is 0 Å². The summed E-state index contributed by atoms with van der Waals surface area (Å²) in [5, 5.41) is 3.47. The molecular weight excluding hydrogens is 228 g/mol. The fourth-order valence-corrected chi connectivity index (χ4v) is 1.88. The molecule has 4 nitrogen and oxygen atoms in total. The smallest absolute Gasteiger partial charge is 0.123 e. The van der Waals surface area contributed by atoms with Gasteiger partial charge in [0, 0.05) is 11.6 Å². The number of methoxy groups -OCH3 is 2. The Labute approximate surface area is 109 Å². The van der Waals surface area contributed by atoms with Gasteiger partial charge < -0.3 is 20.5 Å². The standard InChI is InChI=1S/C14H24N2O2/c1-11(16-9-5-4-8-15)13-10-12(17-2)6-7-14(13)18-3/h6-7,10-11,16H,4-5,8-9,15H2,1-3H3. The molecule has 0 aliphatic heterocycles. The average molecular weight is 252 g/mol. The molecule has 1 aromatic carbocycles. The number of rotatable bonds is 8. The SMILES string of the molecule is COc1ccc(OC)c(C(C)NCCCCN)c1. The number of hydrogen-bond donors (Lipinski definition) is 2. The van der Waals surface area contributed by atoms with E-state index in [2.05, 4.69) is 12.2 Å². The largest absolute Gasteiger partial charge is 0.497 e. The monoisotopic (exact) mass is 252 g/mol. The Morgan fingerprint density at radius 2 is 2.00 bits per heavy atom. The van der Waals surface area contributed by atoms with Gasteiger partial charge in [0.25, 0.3) is 0 Å². The Morgan fingerprint density at radius 1 is 1.22 bits per heavy atom. The summed E-state index contributed by atoms with van der Waals surface area (Å²) in [5.74, 6) is 1.73. The van der Waals surface area contributed by atoms with E-state index in [1.165, 1.54) is 0 Å². The first-order valence-corrected chi connectivity index (χ1v) is 6.38. The Balaban J connectivity index is 2.66. The van der Waals surface area contributed by atoms with Gasteiger partial charge in [-0.15, -0.1) is 0 Å². The van der Waals surface area contributed by atoms with Crippen LogP contribution in [0.25, 0.3) is 0 Å². The maximum atomic E-state index is 5.48. The molecule has 0 saturated heterocycles. The van der Waals surface area contributed by atoms with Crippen molar-refractivity contribution in [2.45, 2.75) is 25.8 Å². The van der Waals surface area contributed by atoms with Crippen molar-refractivity contribution < 1.29 is 9.47 Å². The molecule has 0 radical (unpaired) electrons. The third-order valence-electron chi connectivity index (χ3n) is 2.98. The lowest BCUT2D eigenvalue weighted by atomic mass is 10.1. The van der Waals surface area contributed by atoms with Crippen LogP contribution in [0, 0.1) is 0 Å². The predicted molar refractivity (Wildman–Crippen MR) is 74.3 cm³/mol. The summed E-state index contributed by atoms with van der Waals surface area (Å²) in [6.07, 6.45) is 2.14. The predicted octanol–water partition coefficient (Wildman–Crippen LogP) is 2.09. The number of nitrogens with two attached hydrogens (primary N) is 1. The minimum absolute atomic E-state index is 0.229. The Bertz CT molecular complexity index is 356. The second-order valence-corrected chi connectivity index (χ2v) is 4.28. The van der Waals surface area contributed by atoms with Crippen molar-refractivity contribution in [2.24, 2.45) is 5.73 Å². The minimum atomic E-state index is 0.229. The van der Waals surface area contributed by atoms with E-state index in [-0.39, 0.29) is 6.04 Å². The lowest BCUT2D eigenvalue weighted by Gasteiger charge is -2.18. The Kier molecular flexibility index (Phi) is 6.54. The maximum Gasteiger partial charge on any atom is 0.123 e. The number of hydrogen-bond acceptors (Lipinski definition) is 4. The summed E-state index contributed by atoms with van der Waals surface area (Å²) in [6.45, 7) is 3.83. The van der Waals surface area contributed by atoms with Crippen LogP contribution in [-0.2, 0) is 0 Å². The van der Waals surface area contributed by atoms with Crippen LogP contribution >= 0.6 is 0 Å². The molecular formula is C14H24N2O2. The van der Waals surface area contributed by atoms with Crippen molar-refractivity contribution in [3.8, 4) is 11.5 Å². The quantitative estimate of drug-likeness (QED) is 0.696. The van der Waals surface area contributed by atoms with Gasteiger partial charge in [-0.3, -0.25) is 0 Å². The Hall–Kier alpha value is -1.26. The first kappa shape index (κ1) is 14.8. The molecule has 1 rings (SSSR count). The molecule has 1 atom stereocenters. The summed E-state index contributed by atoms with van der Waals surface area (Å²) in [7, 11) is 3.36. The first-order chi connectivity index (χ1) is 8.72. The van der Waals surface area contributed by atoms with E-state index in [9.17, 15) is 0 Å². The van der Waals surface area contributed by atoms with Gasteiger partial charge in [-0.25, -0.2) is 0 Å². The molecule has 0 spiro atoms. The topological polar surface area (TPSA) is 56.5 Å². The summed E-state index contributed by atoms with van der Waals surface area (Å²) < 4.78 is 10.6.